The minimum absolute atomic E-state index is 0.0578. The minimum atomic E-state index is -4.26. The Bertz CT molecular complexity index is 1380. The van der Waals surface area contributed by atoms with Crippen LogP contribution in [0.3, 0.4) is 0 Å². The van der Waals surface area contributed by atoms with Gasteiger partial charge in [-0.25, -0.2) is 8.70 Å². The van der Waals surface area contributed by atoms with Crippen molar-refractivity contribution >= 4 is 27.7 Å². The first-order valence-corrected chi connectivity index (χ1v) is 14.1. The number of halogens is 1. The number of rotatable bonds is 12. The Balaban J connectivity index is 2.09. The Morgan fingerprint density at radius 2 is 1.56 bits per heavy atom. The number of nitrogens with one attached hydrogen (secondary N) is 1. The first-order valence-electron chi connectivity index (χ1n) is 12.7. The van der Waals surface area contributed by atoms with Crippen molar-refractivity contribution in [3.8, 4) is 0 Å². The van der Waals surface area contributed by atoms with Crippen molar-refractivity contribution < 1.29 is 22.4 Å². The Morgan fingerprint density at radius 3 is 2.18 bits per heavy atom. The molecule has 0 saturated carbocycles. The largest absolute Gasteiger partial charge is 0.355 e. The number of carbonyl (C=O) groups excluding carboxylic acids is 2. The molecule has 0 radical (unpaired) electrons. The Labute approximate surface area is 230 Å². The molecular weight excluding hydrogens is 519 g/mol. The number of para-hydroxylation sites is 1. The molecule has 1 atom stereocenters. The maximum absolute atomic E-state index is 14.8. The first-order chi connectivity index (χ1) is 18.5. The molecule has 0 aliphatic heterocycles. The number of aryl methyl sites for hydroxylation is 1. The van der Waals surface area contributed by atoms with Crippen molar-refractivity contribution in [3.05, 3.63) is 101 Å². The van der Waals surface area contributed by atoms with E-state index in [2.05, 4.69) is 5.32 Å². The van der Waals surface area contributed by atoms with Crippen molar-refractivity contribution in [2.45, 2.75) is 32.9 Å². The summed E-state index contributed by atoms with van der Waals surface area (Å²) in [5, 5.41) is 2.81. The van der Waals surface area contributed by atoms with Crippen molar-refractivity contribution in [2.75, 3.05) is 31.5 Å². The van der Waals surface area contributed by atoms with Gasteiger partial charge in [-0.1, -0.05) is 72.3 Å². The molecule has 0 bridgehead atoms. The van der Waals surface area contributed by atoms with Crippen molar-refractivity contribution in [1.29, 1.82) is 0 Å². The molecule has 0 saturated heterocycles. The molecule has 8 nitrogen and oxygen atoms in total. The summed E-state index contributed by atoms with van der Waals surface area (Å²) in [6.45, 7) is 3.42. The van der Waals surface area contributed by atoms with E-state index in [0.29, 0.717) is 6.54 Å². The molecule has 3 rings (SSSR count). The highest BCUT2D eigenvalue weighted by Crippen LogP contribution is 2.24. The van der Waals surface area contributed by atoms with Gasteiger partial charge in [-0.05, 0) is 37.1 Å². The molecule has 3 aromatic rings. The van der Waals surface area contributed by atoms with Gasteiger partial charge in [0.15, 0.2) is 0 Å². The van der Waals surface area contributed by atoms with E-state index in [1.165, 1.54) is 37.2 Å². The van der Waals surface area contributed by atoms with Crippen LogP contribution in [0.2, 0.25) is 0 Å². The number of carbonyl (C=O) groups is 2. The van der Waals surface area contributed by atoms with Crippen LogP contribution in [-0.4, -0.2) is 62.7 Å². The number of anilines is 1. The number of hydrogen-bond donors (Lipinski definition) is 1. The van der Waals surface area contributed by atoms with E-state index in [4.69, 9.17) is 0 Å². The van der Waals surface area contributed by atoms with E-state index in [9.17, 15) is 22.4 Å². The van der Waals surface area contributed by atoms with Crippen LogP contribution in [-0.2, 0) is 32.8 Å². The predicted molar refractivity (Wildman–Crippen MR) is 151 cm³/mol. The summed E-state index contributed by atoms with van der Waals surface area (Å²) in [6, 6.07) is 21.2. The predicted octanol–water partition coefficient (Wildman–Crippen LogP) is 3.52. The third-order valence-corrected chi connectivity index (χ3v) is 8.00. The standard InChI is InChI=1S/C29H35FN4O4S/c1-5-31-29(36)27(19-23-13-7-6-8-14-23)33(20-24-15-11-12-22(2)18-24)28(35)21-34(39(37,38)32(3)4)26-17-10-9-16-25(26)30/h6-18,27H,5,19-21H2,1-4H3,(H,31,36). The highest BCUT2D eigenvalue weighted by Gasteiger charge is 2.35. The van der Waals surface area contributed by atoms with E-state index in [-0.39, 0.29) is 24.6 Å². The van der Waals surface area contributed by atoms with E-state index in [0.717, 1.165) is 31.4 Å². The number of amides is 2. The summed E-state index contributed by atoms with van der Waals surface area (Å²) in [5.41, 5.74) is 2.33. The quantitative estimate of drug-likeness (QED) is 0.371. The number of likely N-dealkylation sites (N-methyl/N-ethyl adjacent to an activating group) is 1. The molecule has 1 N–H and O–H groups in total. The first kappa shape index (κ1) is 29.8. The second kappa shape index (κ2) is 13.3. The van der Waals surface area contributed by atoms with Gasteiger partial charge in [-0.15, -0.1) is 0 Å². The summed E-state index contributed by atoms with van der Waals surface area (Å²) in [4.78, 5) is 28.8. The number of hydrogen-bond acceptors (Lipinski definition) is 4. The van der Waals surface area contributed by atoms with E-state index in [1.807, 2.05) is 61.5 Å². The second-order valence-corrected chi connectivity index (χ2v) is 11.4. The molecule has 0 aliphatic carbocycles. The van der Waals surface area contributed by atoms with Gasteiger partial charge in [0, 0.05) is 33.6 Å². The zero-order valence-electron chi connectivity index (χ0n) is 22.7. The van der Waals surface area contributed by atoms with Crippen molar-refractivity contribution in [1.82, 2.24) is 14.5 Å². The van der Waals surface area contributed by atoms with Gasteiger partial charge in [0.1, 0.15) is 18.4 Å². The lowest BCUT2D eigenvalue weighted by molar-refractivity contribution is -0.140. The Kier molecular flexibility index (Phi) is 10.2. The highest BCUT2D eigenvalue weighted by molar-refractivity contribution is 7.90. The summed E-state index contributed by atoms with van der Waals surface area (Å²) in [7, 11) is -1.64. The van der Waals surface area contributed by atoms with Crippen LogP contribution >= 0.6 is 0 Å². The zero-order valence-corrected chi connectivity index (χ0v) is 23.5. The van der Waals surface area contributed by atoms with Crippen LogP contribution in [0.15, 0.2) is 78.9 Å². The lowest BCUT2D eigenvalue weighted by atomic mass is 10.0. The molecule has 0 aliphatic rings. The lowest BCUT2D eigenvalue weighted by Gasteiger charge is -2.34. The maximum atomic E-state index is 14.8. The normalized spacial score (nSPS) is 12.2. The van der Waals surface area contributed by atoms with Gasteiger partial charge >= 0.3 is 10.2 Å². The zero-order chi connectivity index (χ0) is 28.6. The van der Waals surface area contributed by atoms with Gasteiger partial charge < -0.3 is 10.2 Å². The average Bonchev–Trinajstić information content (AvgIpc) is 2.90. The summed E-state index contributed by atoms with van der Waals surface area (Å²) >= 11 is 0. The minimum Gasteiger partial charge on any atom is -0.355 e. The summed E-state index contributed by atoms with van der Waals surface area (Å²) in [5.74, 6) is -1.79. The van der Waals surface area contributed by atoms with Crippen LogP contribution in [0.1, 0.15) is 23.6 Å². The van der Waals surface area contributed by atoms with E-state index >= 15 is 0 Å². The monoisotopic (exact) mass is 554 g/mol. The smallest absolute Gasteiger partial charge is 0.304 e. The third-order valence-electron chi connectivity index (χ3n) is 6.20. The Morgan fingerprint density at radius 1 is 0.923 bits per heavy atom. The molecule has 39 heavy (non-hydrogen) atoms. The molecule has 3 aromatic carbocycles. The fourth-order valence-corrected chi connectivity index (χ4v) is 5.27. The van der Waals surface area contributed by atoms with Gasteiger partial charge in [0.05, 0.1) is 5.69 Å². The van der Waals surface area contributed by atoms with Gasteiger partial charge in [-0.3, -0.25) is 9.59 Å². The highest BCUT2D eigenvalue weighted by atomic mass is 32.2. The van der Waals surface area contributed by atoms with Crippen LogP contribution in [0.25, 0.3) is 0 Å². The number of nitrogens with zero attached hydrogens (tertiary/aromatic N) is 3. The van der Waals surface area contributed by atoms with Crippen molar-refractivity contribution in [3.63, 3.8) is 0 Å². The van der Waals surface area contributed by atoms with E-state index in [1.54, 1.807) is 6.92 Å². The fraction of sp³-hybridized carbons (Fsp3) is 0.310. The maximum Gasteiger partial charge on any atom is 0.304 e. The molecule has 208 valence electrons. The molecule has 0 fully saturated rings. The second-order valence-electron chi connectivity index (χ2n) is 9.36. The third kappa shape index (κ3) is 7.64. The van der Waals surface area contributed by atoms with Gasteiger partial charge in [0.2, 0.25) is 11.8 Å². The van der Waals surface area contributed by atoms with Crippen molar-refractivity contribution in [2.24, 2.45) is 0 Å². The topological polar surface area (TPSA) is 90.0 Å². The van der Waals surface area contributed by atoms with Crippen LogP contribution < -0.4 is 9.62 Å². The summed E-state index contributed by atoms with van der Waals surface area (Å²) in [6.07, 6.45) is 0.213. The van der Waals surface area contributed by atoms with Crippen LogP contribution in [0.5, 0.6) is 0 Å². The van der Waals surface area contributed by atoms with Crippen LogP contribution in [0, 0.1) is 12.7 Å². The number of benzene rings is 3. The molecule has 2 amide bonds. The average molecular weight is 555 g/mol. The summed E-state index contributed by atoms with van der Waals surface area (Å²) < 4.78 is 43.1. The van der Waals surface area contributed by atoms with Gasteiger partial charge in [-0.2, -0.15) is 12.7 Å². The fourth-order valence-electron chi connectivity index (χ4n) is 4.21. The molecular formula is C29H35FN4O4S. The molecule has 0 heterocycles. The van der Waals surface area contributed by atoms with Gasteiger partial charge in [0.25, 0.3) is 0 Å². The Hall–Kier alpha value is -3.76. The molecule has 1 unspecified atom stereocenters. The SMILES string of the molecule is CCNC(=O)C(Cc1ccccc1)N(Cc1cccc(C)c1)C(=O)CN(c1ccccc1F)S(=O)(=O)N(C)C. The molecule has 0 spiro atoms. The molecule has 0 aromatic heterocycles. The van der Waals surface area contributed by atoms with E-state index < -0.39 is 34.5 Å². The lowest BCUT2D eigenvalue weighted by Crippen LogP contribution is -2.54. The molecule has 10 heteroatoms. The van der Waals surface area contributed by atoms with Crippen LogP contribution in [0.4, 0.5) is 10.1 Å².